The number of aryl methyl sites for hydroxylation is 1. The standard InChI is InChI=1S/C21H23N5O2/c1-16-20(24-28-23-16)21(27)22-18-7-9-19(10-8-18)26-13-11-25(12-14-26)15-17-5-3-2-4-6-17/h2-10H,11-15H2,1H3,(H,22,27). The third-order valence-electron chi connectivity index (χ3n) is 4.98. The van der Waals surface area contributed by atoms with E-state index in [1.165, 1.54) is 5.56 Å². The smallest absolute Gasteiger partial charge is 0.279 e. The van der Waals surface area contributed by atoms with Crippen LogP contribution >= 0.6 is 0 Å². The van der Waals surface area contributed by atoms with E-state index in [0.717, 1.165) is 44.1 Å². The van der Waals surface area contributed by atoms with Crippen LogP contribution in [0.4, 0.5) is 11.4 Å². The lowest BCUT2D eigenvalue weighted by atomic mass is 10.2. The number of amides is 1. The van der Waals surface area contributed by atoms with Crippen LogP contribution in [0.5, 0.6) is 0 Å². The Morgan fingerprint density at radius 3 is 2.36 bits per heavy atom. The second-order valence-corrected chi connectivity index (χ2v) is 6.95. The molecule has 1 saturated heterocycles. The topological polar surface area (TPSA) is 74.5 Å². The Kier molecular flexibility index (Phi) is 5.34. The Morgan fingerprint density at radius 1 is 1.00 bits per heavy atom. The molecule has 1 fully saturated rings. The summed E-state index contributed by atoms with van der Waals surface area (Å²) in [6.07, 6.45) is 0. The highest BCUT2D eigenvalue weighted by Crippen LogP contribution is 2.20. The van der Waals surface area contributed by atoms with Crippen molar-refractivity contribution < 1.29 is 9.42 Å². The minimum Gasteiger partial charge on any atom is -0.369 e. The highest BCUT2D eigenvalue weighted by atomic mass is 16.6. The van der Waals surface area contributed by atoms with E-state index in [2.05, 4.69) is 60.4 Å². The molecule has 0 bridgehead atoms. The summed E-state index contributed by atoms with van der Waals surface area (Å²) in [6, 6.07) is 18.5. The van der Waals surface area contributed by atoms with E-state index in [1.807, 2.05) is 24.3 Å². The number of hydrogen-bond acceptors (Lipinski definition) is 6. The van der Waals surface area contributed by atoms with Crippen molar-refractivity contribution in [2.24, 2.45) is 0 Å². The Bertz CT molecular complexity index is 915. The number of hydrogen-bond donors (Lipinski definition) is 1. The molecular weight excluding hydrogens is 354 g/mol. The van der Waals surface area contributed by atoms with Crippen LogP contribution < -0.4 is 10.2 Å². The first-order valence-electron chi connectivity index (χ1n) is 9.41. The van der Waals surface area contributed by atoms with Gasteiger partial charge in [-0.15, -0.1) is 0 Å². The van der Waals surface area contributed by atoms with Crippen molar-refractivity contribution in [3.8, 4) is 0 Å². The molecule has 4 rings (SSSR count). The van der Waals surface area contributed by atoms with Gasteiger partial charge in [0.1, 0.15) is 5.69 Å². The molecule has 144 valence electrons. The van der Waals surface area contributed by atoms with Crippen LogP contribution in [0, 0.1) is 6.92 Å². The molecule has 3 aromatic rings. The molecule has 2 heterocycles. The van der Waals surface area contributed by atoms with Crippen molar-refractivity contribution in [1.82, 2.24) is 15.2 Å². The molecular formula is C21H23N5O2. The predicted octanol–water partition coefficient (Wildman–Crippen LogP) is 2.95. The quantitative estimate of drug-likeness (QED) is 0.737. The summed E-state index contributed by atoms with van der Waals surface area (Å²) in [5.74, 6) is -0.318. The lowest BCUT2D eigenvalue weighted by Gasteiger charge is -2.36. The predicted molar refractivity (Wildman–Crippen MR) is 107 cm³/mol. The zero-order valence-electron chi connectivity index (χ0n) is 15.8. The number of carbonyl (C=O) groups is 1. The number of aromatic nitrogens is 2. The van der Waals surface area contributed by atoms with Crippen molar-refractivity contribution >= 4 is 17.3 Å². The lowest BCUT2D eigenvalue weighted by molar-refractivity contribution is 0.101. The molecule has 1 aromatic heterocycles. The summed E-state index contributed by atoms with van der Waals surface area (Å²) in [4.78, 5) is 17.0. The number of anilines is 2. The average Bonchev–Trinajstić information content (AvgIpc) is 3.16. The van der Waals surface area contributed by atoms with Crippen LogP contribution in [0.25, 0.3) is 0 Å². The number of nitrogens with zero attached hydrogens (tertiary/aromatic N) is 4. The minimum absolute atomic E-state index is 0.207. The van der Waals surface area contributed by atoms with Gasteiger partial charge in [-0.05, 0) is 41.9 Å². The third kappa shape index (κ3) is 4.20. The maximum absolute atomic E-state index is 12.2. The highest BCUT2D eigenvalue weighted by molar-refractivity contribution is 6.03. The normalized spacial score (nSPS) is 14.8. The molecule has 28 heavy (non-hydrogen) atoms. The van der Waals surface area contributed by atoms with E-state index in [-0.39, 0.29) is 11.6 Å². The van der Waals surface area contributed by atoms with Gasteiger partial charge in [0, 0.05) is 44.1 Å². The number of nitrogens with one attached hydrogen (secondary N) is 1. The monoisotopic (exact) mass is 377 g/mol. The van der Waals surface area contributed by atoms with E-state index in [9.17, 15) is 4.79 Å². The van der Waals surface area contributed by atoms with Gasteiger partial charge in [0.15, 0.2) is 5.69 Å². The first kappa shape index (κ1) is 18.2. The van der Waals surface area contributed by atoms with Gasteiger partial charge in [-0.3, -0.25) is 9.69 Å². The molecule has 1 aliphatic rings. The zero-order valence-corrected chi connectivity index (χ0v) is 15.8. The van der Waals surface area contributed by atoms with Gasteiger partial charge in [-0.1, -0.05) is 35.5 Å². The fourth-order valence-electron chi connectivity index (χ4n) is 3.39. The van der Waals surface area contributed by atoms with Gasteiger partial charge < -0.3 is 10.2 Å². The van der Waals surface area contributed by atoms with Gasteiger partial charge in [0.25, 0.3) is 5.91 Å². The summed E-state index contributed by atoms with van der Waals surface area (Å²) in [5.41, 5.74) is 3.92. The van der Waals surface area contributed by atoms with E-state index in [0.29, 0.717) is 5.69 Å². The van der Waals surface area contributed by atoms with Crippen LogP contribution in [0.15, 0.2) is 59.2 Å². The molecule has 2 aromatic carbocycles. The van der Waals surface area contributed by atoms with Crippen LogP contribution in [0.2, 0.25) is 0 Å². The molecule has 0 saturated carbocycles. The van der Waals surface area contributed by atoms with E-state index < -0.39 is 0 Å². The molecule has 7 heteroatoms. The molecule has 0 aliphatic carbocycles. The van der Waals surface area contributed by atoms with Gasteiger partial charge in [0.05, 0.1) is 0 Å². The first-order valence-corrected chi connectivity index (χ1v) is 9.41. The van der Waals surface area contributed by atoms with Crippen LogP contribution in [-0.4, -0.2) is 47.3 Å². The number of piperazine rings is 1. The second kappa shape index (κ2) is 8.22. The minimum atomic E-state index is -0.318. The van der Waals surface area contributed by atoms with Crippen molar-refractivity contribution in [2.45, 2.75) is 13.5 Å². The maximum Gasteiger partial charge on any atom is 0.279 e. The SMILES string of the molecule is Cc1nonc1C(=O)Nc1ccc(N2CCN(Cc3ccccc3)CC2)cc1. The molecule has 1 N–H and O–H groups in total. The largest absolute Gasteiger partial charge is 0.369 e. The summed E-state index contributed by atoms with van der Waals surface area (Å²) in [6.45, 7) is 6.73. The molecule has 1 aliphatic heterocycles. The van der Waals surface area contributed by atoms with Gasteiger partial charge in [0.2, 0.25) is 0 Å². The summed E-state index contributed by atoms with van der Waals surface area (Å²) in [7, 11) is 0. The zero-order chi connectivity index (χ0) is 19.3. The van der Waals surface area contributed by atoms with Crippen molar-refractivity contribution in [1.29, 1.82) is 0 Å². The number of rotatable bonds is 5. The van der Waals surface area contributed by atoms with Crippen molar-refractivity contribution in [3.63, 3.8) is 0 Å². The summed E-state index contributed by atoms with van der Waals surface area (Å²) < 4.78 is 4.58. The summed E-state index contributed by atoms with van der Waals surface area (Å²) >= 11 is 0. The van der Waals surface area contributed by atoms with Gasteiger partial charge >= 0.3 is 0 Å². The Labute approximate surface area is 163 Å². The molecule has 0 unspecified atom stereocenters. The van der Waals surface area contributed by atoms with E-state index in [4.69, 9.17) is 0 Å². The van der Waals surface area contributed by atoms with Gasteiger partial charge in [-0.2, -0.15) is 0 Å². The Morgan fingerprint density at radius 2 is 1.71 bits per heavy atom. The Balaban J connectivity index is 1.31. The number of carbonyl (C=O) groups excluding carboxylic acids is 1. The number of benzene rings is 2. The van der Waals surface area contributed by atoms with E-state index in [1.54, 1.807) is 6.92 Å². The lowest BCUT2D eigenvalue weighted by Crippen LogP contribution is -2.45. The molecule has 0 atom stereocenters. The average molecular weight is 377 g/mol. The molecule has 1 amide bonds. The fourth-order valence-corrected chi connectivity index (χ4v) is 3.39. The molecule has 0 radical (unpaired) electrons. The van der Waals surface area contributed by atoms with Crippen molar-refractivity contribution in [3.05, 3.63) is 71.5 Å². The summed E-state index contributed by atoms with van der Waals surface area (Å²) in [5, 5.41) is 10.1. The van der Waals surface area contributed by atoms with E-state index >= 15 is 0 Å². The first-order chi connectivity index (χ1) is 13.7. The van der Waals surface area contributed by atoms with Crippen molar-refractivity contribution in [2.75, 3.05) is 36.4 Å². The second-order valence-electron chi connectivity index (χ2n) is 6.95. The fraction of sp³-hybridized carbons (Fsp3) is 0.286. The van der Waals surface area contributed by atoms with Crippen LogP contribution in [-0.2, 0) is 6.54 Å². The maximum atomic E-state index is 12.2. The molecule has 0 spiro atoms. The van der Waals surface area contributed by atoms with Crippen LogP contribution in [0.3, 0.4) is 0 Å². The van der Waals surface area contributed by atoms with Crippen LogP contribution in [0.1, 0.15) is 21.7 Å². The highest BCUT2D eigenvalue weighted by Gasteiger charge is 2.18. The van der Waals surface area contributed by atoms with Gasteiger partial charge in [-0.25, -0.2) is 4.63 Å². The Hall–Kier alpha value is -3.19. The molecule has 7 nitrogen and oxygen atoms in total. The third-order valence-corrected chi connectivity index (χ3v) is 4.98.